The first-order valence-electron chi connectivity index (χ1n) is 6.20. The topological polar surface area (TPSA) is 48.3 Å². The van der Waals surface area contributed by atoms with Crippen molar-refractivity contribution >= 4 is 17.3 Å². The minimum atomic E-state index is 0.568. The maximum absolute atomic E-state index is 6.23. The molecule has 108 valence electrons. The SMILES string of the molecule is COc1ccc(NCc2c(Cl)c(C)nn2C)c(OC)c1. The summed E-state index contributed by atoms with van der Waals surface area (Å²) in [6, 6.07) is 5.62. The number of halogens is 1. The van der Waals surface area contributed by atoms with Crippen molar-refractivity contribution in [1.82, 2.24) is 9.78 Å². The zero-order chi connectivity index (χ0) is 14.7. The Balaban J connectivity index is 2.18. The van der Waals surface area contributed by atoms with Crippen LogP contribution in [0.2, 0.25) is 5.02 Å². The van der Waals surface area contributed by atoms with Crippen LogP contribution in [0.4, 0.5) is 5.69 Å². The van der Waals surface area contributed by atoms with Crippen molar-refractivity contribution in [3.05, 3.63) is 34.6 Å². The maximum atomic E-state index is 6.23. The standard InChI is InChI=1S/C14H18ClN3O2/c1-9-14(15)12(18(2)17-9)8-16-11-6-5-10(19-3)7-13(11)20-4/h5-7,16H,8H2,1-4H3. The van der Waals surface area contributed by atoms with Crippen LogP contribution in [0.3, 0.4) is 0 Å². The average molecular weight is 296 g/mol. The summed E-state index contributed by atoms with van der Waals surface area (Å²) in [5.74, 6) is 1.47. The Morgan fingerprint density at radius 1 is 1.30 bits per heavy atom. The summed E-state index contributed by atoms with van der Waals surface area (Å²) in [5.41, 5.74) is 2.64. The van der Waals surface area contributed by atoms with Crippen LogP contribution in [-0.2, 0) is 13.6 Å². The van der Waals surface area contributed by atoms with Gasteiger partial charge in [-0.15, -0.1) is 0 Å². The highest BCUT2D eigenvalue weighted by Crippen LogP contribution is 2.30. The van der Waals surface area contributed by atoms with Crippen molar-refractivity contribution in [1.29, 1.82) is 0 Å². The lowest BCUT2D eigenvalue weighted by Crippen LogP contribution is -2.07. The van der Waals surface area contributed by atoms with Gasteiger partial charge in [-0.05, 0) is 19.1 Å². The molecule has 0 bridgehead atoms. The Morgan fingerprint density at radius 3 is 2.60 bits per heavy atom. The molecule has 0 aliphatic carbocycles. The van der Waals surface area contributed by atoms with Crippen molar-refractivity contribution in [3.8, 4) is 11.5 Å². The van der Waals surface area contributed by atoms with Gasteiger partial charge in [-0.1, -0.05) is 11.6 Å². The number of hydrogen-bond donors (Lipinski definition) is 1. The van der Waals surface area contributed by atoms with Gasteiger partial charge in [-0.2, -0.15) is 5.10 Å². The number of methoxy groups -OCH3 is 2. The predicted octanol–water partition coefficient (Wildman–Crippen LogP) is 3.01. The highest BCUT2D eigenvalue weighted by atomic mass is 35.5. The van der Waals surface area contributed by atoms with Gasteiger partial charge in [0.2, 0.25) is 0 Å². The van der Waals surface area contributed by atoms with Gasteiger partial charge < -0.3 is 14.8 Å². The second-order valence-electron chi connectivity index (χ2n) is 4.39. The van der Waals surface area contributed by atoms with Crippen LogP contribution in [0, 0.1) is 6.92 Å². The van der Waals surface area contributed by atoms with E-state index in [1.807, 2.05) is 32.2 Å². The van der Waals surface area contributed by atoms with Crippen molar-refractivity contribution in [2.75, 3.05) is 19.5 Å². The lowest BCUT2D eigenvalue weighted by molar-refractivity contribution is 0.395. The largest absolute Gasteiger partial charge is 0.497 e. The van der Waals surface area contributed by atoms with Crippen molar-refractivity contribution < 1.29 is 9.47 Å². The van der Waals surface area contributed by atoms with Gasteiger partial charge in [-0.3, -0.25) is 4.68 Å². The lowest BCUT2D eigenvalue weighted by Gasteiger charge is -2.12. The zero-order valence-electron chi connectivity index (χ0n) is 12.0. The molecular weight excluding hydrogens is 278 g/mol. The van der Waals surface area contributed by atoms with Crippen LogP contribution in [0.1, 0.15) is 11.4 Å². The maximum Gasteiger partial charge on any atom is 0.145 e. The van der Waals surface area contributed by atoms with E-state index in [1.165, 1.54) is 0 Å². The minimum absolute atomic E-state index is 0.568. The van der Waals surface area contributed by atoms with Gasteiger partial charge in [0.25, 0.3) is 0 Å². The second kappa shape index (κ2) is 6.05. The molecule has 2 aromatic rings. The van der Waals surface area contributed by atoms with E-state index in [9.17, 15) is 0 Å². The summed E-state index contributed by atoms with van der Waals surface area (Å²) in [6.45, 7) is 2.46. The molecule has 0 spiro atoms. The molecule has 2 rings (SSSR count). The van der Waals surface area contributed by atoms with Crippen molar-refractivity contribution in [3.63, 3.8) is 0 Å². The van der Waals surface area contributed by atoms with E-state index in [4.69, 9.17) is 21.1 Å². The Bertz CT molecular complexity index is 611. The predicted molar refractivity (Wildman–Crippen MR) is 79.8 cm³/mol. The van der Waals surface area contributed by atoms with Crippen molar-refractivity contribution in [2.24, 2.45) is 7.05 Å². The van der Waals surface area contributed by atoms with Gasteiger partial charge in [0.05, 0.1) is 42.9 Å². The Hall–Kier alpha value is -1.88. The molecule has 0 radical (unpaired) electrons. The van der Waals surface area contributed by atoms with E-state index in [0.717, 1.165) is 28.6 Å². The molecule has 0 saturated carbocycles. The van der Waals surface area contributed by atoms with Gasteiger partial charge in [0.15, 0.2) is 0 Å². The number of hydrogen-bond acceptors (Lipinski definition) is 4. The molecule has 0 saturated heterocycles. The summed E-state index contributed by atoms with van der Waals surface area (Å²) in [6.07, 6.45) is 0. The zero-order valence-corrected chi connectivity index (χ0v) is 12.8. The normalized spacial score (nSPS) is 10.4. The molecule has 6 heteroatoms. The van der Waals surface area contributed by atoms with E-state index < -0.39 is 0 Å². The number of nitrogens with one attached hydrogen (secondary N) is 1. The fourth-order valence-electron chi connectivity index (χ4n) is 2.00. The van der Waals surface area contributed by atoms with Crippen LogP contribution >= 0.6 is 11.6 Å². The number of benzene rings is 1. The molecule has 0 aliphatic rings. The van der Waals surface area contributed by atoms with Crippen LogP contribution in [0.15, 0.2) is 18.2 Å². The smallest absolute Gasteiger partial charge is 0.145 e. The van der Waals surface area contributed by atoms with E-state index in [-0.39, 0.29) is 0 Å². The number of aryl methyl sites for hydroxylation is 2. The van der Waals surface area contributed by atoms with Crippen LogP contribution in [0.25, 0.3) is 0 Å². The summed E-state index contributed by atoms with van der Waals surface area (Å²) >= 11 is 6.23. The third-order valence-corrected chi connectivity index (χ3v) is 3.61. The molecule has 20 heavy (non-hydrogen) atoms. The quantitative estimate of drug-likeness (QED) is 0.921. The lowest BCUT2D eigenvalue weighted by atomic mass is 10.2. The van der Waals surface area contributed by atoms with E-state index >= 15 is 0 Å². The van der Waals surface area contributed by atoms with Gasteiger partial charge >= 0.3 is 0 Å². The molecule has 1 heterocycles. The molecular formula is C14H18ClN3O2. The van der Waals surface area contributed by atoms with Crippen LogP contribution < -0.4 is 14.8 Å². The molecule has 5 nitrogen and oxygen atoms in total. The average Bonchev–Trinajstić information content (AvgIpc) is 2.70. The Morgan fingerprint density at radius 2 is 2.05 bits per heavy atom. The summed E-state index contributed by atoms with van der Waals surface area (Å²) in [4.78, 5) is 0. The first-order chi connectivity index (χ1) is 9.56. The molecule has 1 aromatic heterocycles. The highest BCUT2D eigenvalue weighted by molar-refractivity contribution is 6.31. The third kappa shape index (κ3) is 2.82. The summed E-state index contributed by atoms with van der Waals surface area (Å²) in [7, 11) is 5.13. The monoisotopic (exact) mass is 295 g/mol. The highest BCUT2D eigenvalue weighted by Gasteiger charge is 2.12. The number of ether oxygens (including phenoxy) is 2. The van der Waals surface area contributed by atoms with Crippen LogP contribution in [-0.4, -0.2) is 24.0 Å². The van der Waals surface area contributed by atoms with Gasteiger partial charge in [0, 0.05) is 13.1 Å². The number of rotatable bonds is 5. The molecule has 1 N–H and O–H groups in total. The Labute approximate surface area is 123 Å². The van der Waals surface area contributed by atoms with E-state index in [2.05, 4.69) is 10.4 Å². The molecule has 0 amide bonds. The minimum Gasteiger partial charge on any atom is -0.497 e. The van der Waals surface area contributed by atoms with E-state index in [1.54, 1.807) is 18.9 Å². The molecule has 1 aromatic carbocycles. The summed E-state index contributed by atoms with van der Waals surface area (Å²) < 4.78 is 12.3. The van der Waals surface area contributed by atoms with Gasteiger partial charge in [0.1, 0.15) is 11.5 Å². The Kier molecular flexibility index (Phi) is 4.39. The first-order valence-corrected chi connectivity index (χ1v) is 6.58. The number of anilines is 1. The first kappa shape index (κ1) is 14.5. The third-order valence-electron chi connectivity index (χ3n) is 3.12. The molecule has 0 fully saturated rings. The van der Waals surface area contributed by atoms with Crippen LogP contribution in [0.5, 0.6) is 11.5 Å². The fourth-order valence-corrected chi connectivity index (χ4v) is 2.22. The molecule has 0 aliphatic heterocycles. The van der Waals surface area contributed by atoms with Crippen molar-refractivity contribution in [2.45, 2.75) is 13.5 Å². The fraction of sp³-hybridized carbons (Fsp3) is 0.357. The molecule has 0 atom stereocenters. The van der Waals surface area contributed by atoms with E-state index in [0.29, 0.717) is 11.6 Å². The second-order valence-corrected chi connectivity index (χ2v) is 4.77. The molecule has 0 unspecified atom stereocenters. The number of nitrogens with zero attached hydrogens (tertiary/aromatic N) is 2. The summed E-state index contributed by atoms with van der Waals surface area (Å²) in [5, 5.41) is 8.27. The number of aromatic nitrogens is 2. The van der Waals surface area contributed by atoms with Gasteiger partial charge in [-0.25, -0.2) is 0 Å².